The zero-order valence-electron chi connectivity index (χ0n) is 19.0. The van der Waals surface area contributed by atoms with Crippen molar-refractivity contribution in [1.82, 2.24) is 14.9 Å². The van der Waals surface area contributed by atoms with Gasteiger partial charge >= 0.3 is 18.1 Å². The van der Waals surface area contributed by atoms with Gasteiger partial charge in [0.2, 0.25) is 0 Å². The summed E-state index contributed by atoms with van der Waals surface area (Å²) in [6, 6.07) is 3.94. The number of carboxylic acid groups (broad SMARTS) is 1. The van der Waals surface area contributed by atoms with E-state index < -0.39 is 11.6 Å². The standard InChI is InChI=1S/C23H30N4O5/c1-23(2,3)32-22(30)27(14-5-6-14)15-9-11-26(12-10-15)18-8-7-16(20(28)29)19-17(18)13-24-21(25-19)31-4/h7-8,13-15H,5-6,9-12H2,1-4H3,(H,28,29). The Kier molecular flexibility index (Phi) is 5.83. The van der Waals surface area contributed by atoms with Crippen molar-refractivity contribution in [3.63, 3.8) is 0 Å². The number of rotatable bonds is 5. The van der Waals surface area contributed by atoms with Crippen molar-refractivity contribution >= 4 is 28.7 Å². The van der Waals surface area contributed by atoms with Crippen LogP contribution in [-0.2, 0) is 4.74 Å². The smallest absolute Gasteiger partial charge is 0.410 e. The van der Waals surface area contributed by atoms with Gasteiger partial charge in [-0.2, -0.15) is 4.98 Å². The molecule has 4 rings (SSSR count). The highest BCUT2D eigenvalue weighted by molar-refractivity contribution is 6.05. The first-order valence-electron chi connectivity index (χ1n) is 11.0. The summed E-state index contributed by atoms with van der Waals surface area (Å²) >= 11 is 0. The van der Waals surface area contributed by atoms with E-state index in [1.165, 1.54) is 7.11 Å². The maximum Gasteiger partial charge on any atom is 0.410 e. The zero-order valence-corrected chi connectivity index (χ0v) is 19.0. The summed E-state index contributed by atoms with van der Waals surface area (Å²) in [6.45, 7) is 7.15. The van der Waals surface area contributed by atoms with Crippen LogP contribution in [0.25, 0.3) is 10.9 Å². The lowest BCUT2D eigenvalue weighted by atomic mass is 10.0. The number of methoxy groups -OCH3 is 1. The Morgan fingerprint density at radius 1 is 1.12 bits per heavy atom. The van der Waals surface area contributed by atoms with Crippen LogP contribution in [-0.4, -0.2) is 69.9 Å². The van der Waals surface area contributed by atoms with Gasteiger partial charge in [0.05, 0.1) is 18.2 Å². The fourth-order valence-corrected chi connectivity index (χ4v) is 4.28. The maximum absolute atomic E-state index is 12.8. The van der Waals surface area contributed by atoms with E-state index in [4.69, 9.17) is 9.47 Å². The summed E-state index contributed by atoms with van der Waals surface area (Å²) in [5.74, 6) is -1.04. The molecular formula is C23H30N4O5. The summed E-state index contributed by atoms with van der Waals surface area (Å²) in [4.78, 5) is 37.2. The number of nitrogens with zero attached hydrogens (tertiary/aromatic N) is 4. The second kappa shape index (κ2) is 8.44. The molecule has 2 aliphatic rings. The SMILES string of the molecule is COc1ncc2c(N3CCC(N(C(=O)OC(C)(C)C)C4CC4)CC3)ccc(C(=O)O)c2n1. The van der Waals surface area contributed by atoms with Crippen LogP contribution in [0.15, 0.2) is 18.3 Å². The number of aromatic carboxylic acids is 1. The molecule has 9 nitrogen and oxygen atoms in total. The summed E-state index contributed by atoms with van der Waals surface area (Å²) in [6.07, 6.45) is 5.07. The van der Waals surface area contributed by atoms with Crippen LogP contribution >= 0.6 is 0 Å². The van der Waals surface area contributed by atoms with E-state index in [0.29, 0.717) is 10.9 Å². The van der Waals surface area contributed by atoms with Crippen LogP contribution in [0.1, 0.15) is 56.8 Å². The lowest BCUT2D eigenvalue weighted by Gasteiger charge is -2.40. The van der Waals surface area contributed by atoms with Crippen molar-refractivity contribution in [3.8, 4) is 6.01 Å². The Morgan fingerprint density at radius 2 is 1.78 bits per heavy atom. The van der Waals surface area contributed by atoms with E-state index in [0.717, 1.165) is 44.5 Å². The molecule has 2 heterocycles. The van der Waals surface area contributed by atoms with Crippen molar-refractivity contribution in [2.75, 3.05) is 25.1 Å². The topological polar surface area (TPSA) is 105 Å². The van der Waals surface area contributed by atoms with Crippen molar-refractivity contribution in [2.45, 2.75) is 64.1 Å². The van der Waals surface area contributed by atoms with Gasteiger partial charge in [0, 0.05) is 42.4 Å². The Hall–Kier alpha value is -3.10. The van der Waals surface area contributed by atoms with Crippen LogP contribution in [0.2, 0.25) is 0 Å². The molecule has 1 aromatic carbocycles. The Bertz CT molecular complexity index is 1020. The Morgan fingerprint density at radius 3 is 2.34 bits per heavy atom. The molecule has 2 aromatic rings. The number of carbonyl (C=O) groups excluding carboxylic acids is 1. The second-order valence-corrected chi connectivity index (χ2v) is 9.39. The maximum atomic E-state index is 12.8. The molecule has 9 heteroatoms. The number of hydrogen-bond donors (Lipinski definition) is 1. The first kappa shape index (κ1) is 22.1. The molecule has 172 valence electrons. The van der Waals surface area contributed by atoms with Gasteiger partial charge in [0.25, 0.3) is 0 Å². The van der Waals surface area contributed by atoms with Crippen LogP contribution in [0.4, 0.5) is 10.5 Å². The third-order valence-electron chi connectivity index (χ3n) is 5.86. The minimum Gasteiger partial charge on any atom is -0.478 e. The highest BCUT2D eigenvalue weighted by atomic mass is 16.6. The minimum absolute atomic E-state index is 0.115. The molecule has 1 aliphatic carbocycles. The summed E-state index contributed by atoms with van der Waals surface area (Å²) in [7, 11) is 1.45. The van der Waals surface area contributed by atoms with Gasteiger partial charge in [-0.1, -0.05) is 0 Å². The molecule has 0 radical (unpaired) electrons. The predicted octanol–water partition coefficient (Wildman–Crippen LogP) is 3.70. The quantitative estimate of drug-likeness (QED) is 0.747. The molecular weight excluding hydrogens is 412 g/mol. The van der Waals surface area contributed by atoms with Crippen LogP contribution < -0.4 is 9.64 Å². The predicted molar refractivity (Wildman–Crippen MR) is 119 cm³/mol. The number of amides is 1. The Labute approximate surface area is 187 Å². The number of anilines is 1. The molecule has 1 aliphatic heterocycles. The monoisotopic (exact) mass is 442 g/mol. The normalized spacial score (nSPS) is 17.3. The summed E-state index contributed by atoms with van der Waals surface area (Å²) < 4.78 is 10.8. The van der Waals surface area contributed by atoms with Crippen molar-refractivity contribution in [2.24, 2.45) is 0 Å². The van der Waals surface area contributed by atoms with Crippen LogP contribution in [0, 0.1) is 0 Å². The van der Waals surface area contributed by atoms with Gasteiger partial charge in [0.15, 0.2) is 0 Å². The van der Waals surface area contributed by atoms with Crippen molar-refractivity contribution in [1.29, 1.82) is 0 Å². The average molecular weight is 443 g/mol. The molecule has 32 heavy (non-hydrogen) atoms. The van der Waals surface area contributed by atoms with Gasteiger partial charge in [-0.3, -0.25) is 0 Å². The highest BCUT2D eigenvalue weighted by Crippen LogP contribution is 2.36. The molecule has 2 fully saturated rings. The number of carbonyl (C=O) groups is 2. The number of hydrogen-bond acceptors (Lipinski definition) is 7. The van der Waals surface area contributed by atoms with Crippen molar-refractivity contribution < 1.29 is 24.2 Å². The third-order valence-corrected chi connectivity index (χ3v) is 5.86. The number of carboxylic acids is 1. The average Bonchev–Trinajstić information content (AvgIpc) is 3.56. The largest absolute Gasteiger partial charge is 0.478 e. The van der Waals surface area contributed by atoms with Gasteiger partial charge in [-0.05, 0) is 58.6 Å². The van der Waals surface area contributed by atoms with E-state index in [1.807, 2.05) is 31.7 Å². The van der Waals surface area contributed by atoms with E-state index >= 15 is 0 Å². The minimum atomic E-state index is -1.04. The van der Waals surface area contributed by atoms with Gasteiger partial charge in [-0.15, -0.1) is 0 Å². The first-order chi connectivity index (χ1) is 15.2. The lowest BCUT2D eigenvalue weighted by molar-refractivity contribution is 0.0113. The molecule has 1 N–H and O–H groups in total. The van der Waals surface area contributed by atoms with Gasteiger partial charge in [-0.25, -0.2) is 14.6 Å². The van der Waals surface area contributed by atoms with Gasteiger partial charge < -0.3 is 24.4 Å². The fraction of sp³-hybridized carbons (Fsp3) is 0.565. The second-order valence-electron chi connectivity index (χ2n) is 9.39. The summed E-state index contributed by atoms with van der Waals surface area (Å²) in [5, 5.41) is 10.2. The zero-order chi connectivity index (χ0) is 23.0. The third kappa shape index (κ3) is 4.56. The molecule has 0 spiro atoms. The number of piperidine rings is 1. The first-order valence-corrected chi connectivity index (χ1v) is 11.0. The van der Waals surface area contributed by atoms with Gasteiger partial charge in [0.1, 0.15) is 5.60 Å². The Balaban J connectivity index is 1.55. The van der Waals surface area contributed by atoms with E-state index in [-0.39, 0.29) is 29.8 Å². The number of aromatic nitrogens is 2. The lowest BCUT2D eigenvalue weighted by Crippen LogP contribution is -2.50. The molecule has 1 saturated heterocycles. The number of fused-ring (bicyclic) bond motifs is 1. The van der Waals surface area contributed by atoms with E-state index in [2.05, 4.69) is 14.9 Å². The number of ether oxygens (including phenoxy) is 2. The highest BCUT2D eigenvalue weighted by Gasteiger charge is 2.40. The molecule has 1 aromatic heterocycles. The molecule has 0 atom stereocenters. The van der Waals surface area contributed by atoms with E-state index in [9.17, 15) is 14.7 Å². The van der Waals surface area contributed by atoms with E-state index in [1.54, 1.807) is 12.3 Å². The van der Waals surface area contributed by atoms with Crippen LogP contribution in [0.5, 0.6) is 6.01 Å². The fourth-order valence-electron chi connectivity index (χ4n) is 4.28. The number of benzene rings is 1. The van der Waals surface area contributed by atoms with Crippen molar-refractivity contribution in [3.05, 3.63) is 23.9 Å². The summed E-state index contributed by atoms with van der Waals surface area (Å²) in [5.41, 5.74) is 0.847. The molecule has 0 unspecified atom stereocenters. The molecule has 0 bridgehead atoms. The van der Waals surface area contributed by atoms with Crippen LogP contribution in [0.3, 0.4) is 0 Å². The molecule has 1 amide bonds. The molecule has 1 saturated carbocycles.